The van der Waals surface area contributed by atoms with Gasteiger partial charge in [0.15, 0.2) is 0 Å². The van der Waals surface area contributed by atoms with Gasteiger partial charge in [0.05, 0.1) is 0 Å². The second-order valence-corrected chi connectivity index (χ2v) is 9.75. The van der Waals surface area contributed by atoms with E-state index in [0.717, 1.165) is 23.1 Å². The molecular weight excluding hydrogens is 456 g/mol. The minimum Gasteiger partial charge on any atom is -0.354 e. The van der Waals surface area contributed by atoms with E-state index in [-0.39, 0.29) is 11.8 Å². The lowest BCUT2D eigenvalue weighted by Crippen LogP contribution is -2.50. The molecule has 3 aromatic carbocycles. The summed E-state index contributed by atoms with van der Waals surface area (Å²) >= 11 is 6.09. The third-order valence-electron chi connectivity index (χ3n) is 6.03. The summed E-state index contributed by atoms with van der Waals surface area (Å²) in [6.07, 6.45) is 2.31. The van der Waals surface area contributed by atoms with Crippen LogP contribution in [0.5, 0.6) is 0 Å². The van der Waals surface area contributed by atoms with Crippen LogP contribution < -0.4 is 5.32 Å². The van der Waals surface area contributed by atoms with Gasteiger partial charge in [0, 0.05) is 31.0 Å². The van der Waals surface area contributed by atoms with Crippen LogP contribution >= 0.6 is 11.6 Å². The number of benzene rings is 3. The highest BCUT2D eigenvalue weighted by atomic mass is 35.5. The van der Waals surface area contributed by atoms with Gasteiger partial charge in [-0.25, -0.2) is 0 Å². The molecule has 0 fully saturated rings. The van der Waals surface area contributed by atoms with Crippen molar-refractivity contribution in [2.45, 2.75) is 52.1 Å². The Balaban J connectivity index is 1.86. The molecule has 4 nitrogen and oxygen atoms in total. The number of nitrogens with one attached hydrogen (secondary N) is 1. The van der Waals surface area contributed by atoms with E-state index >= 15 is 0 Å². The number of amides is 2. The van der Waals surface area contributed by atoms with E-state index in [1.54, 1.807) is 4.90 Å². The zero-order valence-corrected chi connectivity index (χ0v) is 21.4. The van der Waals surface area contributed by atoms with Crippen molar-refractivity contribution >= 4 is 23.4 Å². The van der Waals surface area contributed by atoms with Crippen molar-refractivity contribution in [1.29, 1.82) is 0 Å². The van der Waals surface area contributed by atoms with E-state index < -0.39 is 6.04 Å². The molecule has 3 aromatic rings. The Bertz CT molecular complexity index is 1050. The average Bonchev–Trinajstić information content (AvgIpc) is 2.86. The summed E-state index contributed by atoms with van der Waals surface area (Å²) in [4.78, 5) is 28.8. The third kappa shape index (κ3) is 8.88. The van der Waals surface area contributed by atoms with E-state index in [0.29, 0.717) is 43.3 Å². The minimum atomic E-state index is -0.608. The molecule has 184 valence electrons. The molecule has 35 heavy (non-hydrogen) atoms. The maximum absolute atomic E-state index is 13.6. The Morgan fingerprint density at radius 1 is 0.829 bits per heavy atom. The predicted molar refractivity (Wildman–Crippen MR) is 143 cm³/mol. The number of halogens is 1. The summed E-state index contributed by atoms with van der Waals surface area (Å²) in [6, 6.07) is 26.7. The van der Waals surface area contributed by atoms with Crippen LogP contribution in [0.1, 0.15) is 43.4 Å². The SMILES string of the molecule is CC(C)CCNC(=O)[C@@H](Cc1ccccc1)N(Cc1ccc(Cl)cc1)C(=O)CCc1ccccc1. The Kier molecular flexibility index (Phi) is 10.4. The monoisotopic (exact) mass is 490 g/mol. The van der Waals surface area contributed by atoms with Crippen LogP contribution in [-0.4, -0.2) is 29.3 Å². The first-order chi connectivity index (χ1) is 16.9. The van der Waals surface area contributed by atoms with Crippen molar-refractivity contribution in [3.63, 3.8) is 0 Å². The van der Waals surface area contributed by atoms with Crippen molar-refractivity contribution in [1.82, 2.24) is 10.2 Å². The fraction of sp³-hybridized carbons (Fsp3) is 0.333. The van der Waals surface area contributed by atoms with Crippen LogP contribution in [0.25, 0.3) is 0 Å². The molecule has 0 saturated heterocycles. The molecule has 1 N–H and O–H groups in total. The topological polar surface area (TPSA) is 49.4 Å². The van der Waals surface area contributed by atoms with Crippen molar-refractivity contribution in [2.75, 3.05) is 6.54 Å². The van der Waals surface area contributed by atoms with Gasteiger partial charge in [-0.3, -0.25) is 9.59 Å². The molecule has 3 rings (SSSR count). The molecule has 0 spiro atoms. The Morgan fingerprint density at radius 3 is 2.03 bits per heavy atom. The number of hydrogen-bond donors (Lipinski definition) is 1. The molecule has 2 amide bonds. The van der Waals surface area contributed by atoms with Crippen LogP contribution in [0.15, 0.2) is 84.9 Å². The molecular formula is C30H35ClN2O2. The van der Waals surface area contributed by atoms with Gasteiger partial charge in [-0.1, -0.05) is 98.2 Å². The highest BCUT2D eigenvalue weighted by Gasteiger charge is 2.30. The normalized spacial score (nSPS) is 11.8. The molecule has 0 aliphatic rings. The lowest BCUT2D eigenvalue weighted by Gasteiger charge is -2.32. The van der Waals surface area contributed by atoms with E-state index in [1.807, 2.05) is 84.9 Å². The number of carbonyl (C=O) groups is 2. The maximum Gasteiger partial charge on any atom is 0.243 e. The number of aryl methyl sites for hydroxylation is 1. The zero-order chi connectivity index (χ0) is 25.0. The van der Waals surface area contributed by atoms with Crippen LogP contribution in [-0.2, 0) is 29.0 Å². The minimum absolute atomic E-state index is 0.0382. The zero-order valence-electron chi connectivity index (χ0n) is 20.6. The summed E-state index contributed by atoms with van der Waals surface area (Å²) in [5.74, 6) is 0.334. The second kappa shape index (κ2) is 13.7. The Labute approximate surface area is 214 Å². The van der Waals surface area contributed by atoms with Crippen LogP contribution in [0.2, 0.25) is 5.02 Å². The molecule has 5 heteroatoms. The number of carbonyl (C=O) groups excluding carboxylic acids is 2. The standard InChI is InChI=1S/C30H35ClN2O2/c1-23(2)19-20-32-30(35)28(21-25-11-7-4-8-12-25)33(22-26-13-16-27(31)17-14-26)29(34)18-15-24-9-5-3-6-10-24/h3-14,16-17,23,28H,15,18-22H2,1-2H3,(H,32,35)/t28-/m1/s1. The van der Waals surface area contributed by atoms with Gasteiger partial charge >= 0.3 is 0 Å². The number of rotatable bonds is 12. The summed E-state index contributed by atoms with van der Waals surface area (Å²) in [7, 11) is 0. The highest BCUT2D eigenvalue weighted by Crippen LogP contribution is 2.18. The molecule has 0 aliphatic carbocycles. The molecule has 1 atom stereocenters. The quantitative estimate of drug-likeness (QED) is 0.334. The summed E-state index contributed by atoms with van der Waals surface area (Å²) in [5.41, 5.74) is 3.07. The van der Waals surface area contributed by atoms with Crippen LogP contribution in [0, 0.1) is 5.92 Å². The lowest BCUT2D eigenvalue weighted by atomic mass is 10.0. The van der Waals surface area contributed by atoms with Crippen LogP contribution in [0.3, 0.4) is 0 Å². The number of hydrogen-bond acceptors (Lipinski definition) is 2. The Hall–Kier alpha value is -3.11. The fourth-order valence-corrected chi connectivity index (χ4v) is 4.11. The van der Waals surface area contributed by atoms with Gasteiger partial charge in [0.1, 0.15) is 6.04 Å². The molecule has 0 bridgehead atoms. The average molecular weight is 491 g/mol. The highest BCUT2D eigenvalue weighted by molar-refractivity contribution is 6.30. The van der Waals surface area contributed by atoms with Crippen molar-refractivity contribution in [3.8, 4) is 0 Å². The van der Waals surface area contributed by atoms with E-state index in [1.165, 1.54) is 0 Å². The molecule has 0 saturated carbocycles. The molecule has 0 aliphatic heterocycles. The maximum atomic E-state index is 13.6. The van der Waals surface area contributed by atoms with Gasteiger partial charge in [0.25, 0.3) is 0 Å². The lowest BCUT2D eigenvalue weighted by molar-refractivity contribution is -0.141. The van der Waals surface area contributed by atoms with Gasteiger partial charge in [0.2, 0.25) is 11.8 Å². The fourth-order valence-electron chi connectivity index (χ4n) is 3.98. The summed E-state index contributed by atoms with van der Waals surface area (Å²) in [6.45, 7) is 5.20. The first-order valence-corrected chi connectivity index (χ1v) is 12.7. The summed E-state index contributed by atoms with van der Waals surface area (Å²) < 4.78 is 0. The Morgan fingerprint density at radius 2 is 1.43 bits per heavy atom. The summed E-state index contributed by atoms with van der Waals surface area (Å²) in [5, 5.41) is 3.73. The van der Waals surface area contributed by atoms with Crippen molar-refractivity contribution in [3.05, 3.63) is 107 Å². The van der Waals surface area contributed by atoms with Gasteiger partial charge < -0.3 is 10.2 Å². The van der Waals surface area contributed by atoms with Crippen LogP contribution in [0.4, 0.5) is 0 Å². The molecule has 0 radical (unpaired) electrons. The first kappa shape index (κ1) is 26.5. The second-order valence-electron chi connectivity index (χ2n) is 9.31. The van der Waals surface area contributed by atoms with Crippen molar-refractivity contribution in [2.24, 2.45) is 5.92 Å². The van der Waals surface area contributed by atoms with Gasteiger partial charge in [-0.15, -0.1) is 0 Å². The molecule has 0 aromatic heterocycles. The van der Waals surface area contributed by atoms with Gasteiger partial charge in [-0.2, -0.15) is 0 Å². The van der Waals surface area contributed by atoms with E-state index in [9.17, 15) is 9.59 Å². The third-order valence-corrected chi connectivity index (χ3v) is 6.28. The molecule has 0 unspecified atom stereocenters. The molecule has 0 heterocycles. The van der Waals surface area contributed by atoms with E-state index in [4.69, 9.17) is 11.6 Å². The first-order valence-electron chi connectivity index (χ1n) is 12.3. The largest absolute Gasteiger partial charge is 0.354 e. The smallest absolute Gasteiger partial charge is 0.243 e. The number of nitrogens with zero attached hydrogens (tertiary/aromatic N) is 1. The van der Waals surface area contributed by atoms with Gasteiger partial charge in [-0.05, 0) is 47.6 Å². The van der Waals surface area contributed by atoms with E-state index in [2.05, 4.69) is 19.2 Å². The predicted octanol–water partition coefficient (Wildman–Crippen LogP) is 6.08. The van der Waals surface area contributed by atoms with Crippen molar-refractivity contribution < 1.29 is 9.59 Å².